The van der Waals surface area contributed by atoms with Crippen molar-refractivity contribution >= 4 is 28.3 Å². The van der Waals surface area contributed by atoms with Crippen LogP contribution in [0.25, 0.3) is 22.3 Å². The zero-order valence-electron chi connectivity index (χ0n) is 9.11. The quantitative estimate of drug-likeness (QED) is 0.692. The summed E-state index contributed by atoms with van der Waals surface area (Å²) < 4.78 is 1.74. The first-order chi connectivity index (χ1) is 8.15. The lowest BCUT2D eigenvalue weighted by Crippen LogP contribution is -1.88. The molecule has 0 amide bonds. The van der Waals surface area contributed by atoms with Gasteiger partial charge in [0.05, 0.1) is 28.8 Å². The fraction of sp³-hybridized carbons (Fsp3) is 0.0909. The van der Waals surface area contributed by atoms with Crippen LogP contribution in [0, 0.1) is 0 Å². The molecule has 3 heterocycles. The molecule has 0 aromatic carbocycles. The standard InChI is InChI=1S/C11H10ClN5/c1-17-5-6(3-15-17)9-2-7-10(13)8(12)4-14-11(7)16-9/h2-5H,1H3,(H3,13,14,16). The molecule has 86 valence electrons. The van der Waals surface area contributed by atoms with Crippen molar-refractivity contribution in [1.29, 1.82) is 0 Å². The average molecular weight is 248 g/mol. The Morgan fingerprint density at radius 2 is 2.24 bits per heavy atom. The molecule has 3 N–H and O–H groups in total. The Morgan fingerprint density at radius 1 is 1.41 bits per heavy atom. The third-order valence-electron chi connectivity index (χ3n) is 2.67. The molecule has 0 aliphatic carbocycles. The first-order valence-electron chi connectivity index (χ1n) is 5.07. The Labute approximate surface area is 102 Å². The van der Waals surface area contributed by atoms with Crippen molar-refractivity contribution in [3.8, 4) is 11.3 Å². The number of nitrogens with zero attached hydrogens (tertiary/aromatic N) is 3. The van der Waals surface area contributed by atoms with Crippen LogP contribution in [0.3, 0.4) is 0 Å². The molecule has 0 saturated heterocycles. The summed E-state index contributed by atoms with van der Waals surface area (Å²) in [5, 5.41) is 5.42. The van der Waals surface area contributed by atoms with Gasteiger partial charge in [-0.25, -0.2) is 4.98 Å². The highest BCUT2D eigenvalue weighted by Crippen LogP contribution is 2.30. The van der Waals surface area contributed by atoms with E-state index in [0.717, 1.165) is 22.3 Å². The number of pyridine rings is 1. The Morgan fingerprint density at radius 3 is 2.94 bits per heavy atom. The fourth-order valence-corrected chi connectivity index (χ4v) is 1.94. The molecule has 0 fully saturated rings. The first kappa shape index (κ1) is 10.2. The largest absolute Gasteiger partial charge is 0.397 e. The molecular weight excluding hydrogens is 238 g/mol. The number of nitrogen functional groups attached to an aromatic ring is 1. The Kier molecular flexibility index (Phi) is 2.09. The van der Waals surface area contributed by atoms with E-state index in [0.29, 0.717) is 10.7 Å². The van der Waals surface area contributed by atoms with E-state index in [4.69, 9.17) is 17.3 Å². The van der Waals surface area contributed by atoms with Crippen molar-refractivity contribution in [2.24, 2.45) is 7.05 Å². The van der Waals surface area contributed by atoms with E-state index in [2.05, 4.69) is 15.1 Å². The number of aromatic amines is 1. The smallest absolute Gasteiger partial charge is 0.139 e. The maximum atomic E-state index is 5.93. The minimum absolute atomic E-state index is 0.467. The van der Waals surface area contributed by atoms with Crippen molar-refractivity contribution in [2.45, 2.75) is 0 Å². The lowest BCUT2D eigenvalue weighted by molar-refractivity contribution is 0.768. The number of aromatic nitrogens is 4. The number of nitrogens with one attached hydrogen (secondary N) is 1. The minimum atomic E-state index is 0.467. The fourth-order valence-electron chi connectivity index (χ4n) is 1.79. The van der Waals surface area contributed by atoms with Crippen molar-refractivity contribution in [2.75, 3.05) is 5.73 Å². The molecule has 0 spiro atoms. The zero-order chi connectivity index (χ0) is 12.0. The van der Waals surface area contributed by atoms with Crippen LogP contribution < -0.4 is 5.73 Å². The van der Waals surface area contributed by atoms with Gasteiger partial charge in [0.25, 0.3) is 0 Å². The summed E-state index contributed by atoms with van der Waals surface area (Å²) in [5.74, 6) is 0. The summed E-state index contributed by atoms with van der Waals surface area (Å²) in [6.45, 7) is 0. The van der Waals surface area contributed by atoms with Crippen LogP contribution in [0.4, 0.5) is 5.69 Å². The zero-order valence-corrected chi connectivity index (χ0v) is 9.86. The monoisotopic (exact) mass is 247 g/mol. The number of H-pyrrole nitrogens is 1. The predicted molar refractivity (Wildman–Crippen MR) is 67.7 cm³/mol. The molecule has 3 aromatic rings. The van der Waals surface area contributed by atoms with Crippen molar-refractivity contribution in [3.63, 3.8) is 0 Å². The highest BCUT2D eigenvalue weighted by atomic mass is 35.5. The number of halogens is 1. The van der Waals surface area contributed by atoms with Gasteiger partial charge >= 0.3 is 0 Å². The highest BCUT2D eigenvalue weighted by Gasteiger charge is 2.10. The maximum absolute atomic E-state index is 5.93. The van der Waals surface area contributed by atoms with E-state index in [1.165, 1.54) is 0 Å². The van der Waals surface area contributed by atoms with Crippen molar-refractivity contribution < 1.29 is 0 Å². The van der Waals surface area contributed by atoms with E-state index < -0.39 is 0 Å². The van der Waals surface area contributed by atoms with E-state index >= 15 is 0 Å². The van der Waals surface area contributed by atoms with Crippen LogP contribution >= 0.6 is 11.6 Å². The summed E-state index contributed by atoms with van der Waals surface area (Å²) in [7, 11) is 1.87. The maximum Gasteiger partial charge on any atom is 0.139 e. The van der Waals surface area contributed by atoms with Gasteiger partial charge in [0.2, 0.25) is 0 Å². The van der Waals surface area contributed by atoms with Gasteiger partial charge < -0.3 is 10.7 Å². The Balaban J connectivity index is 2.23. The van der Waals surface area contributed by atoms with Gasteiger partial charge in [0.15, 0.2) is 0 Å². The normalized spacial score (nSPS) is 11.2. The van der Waals surface area contributed by atoms with Crippen molar-refractivity contribution in [1.82, 2.24) is 19.7 Å². The number of fused-ring (bicyclic) bond motifs is 1. The van der Waals surface area contributed by atoms with Crippen molar-refractivity contribution in [3.05, 3.63) is 29.7 Å². The molecule has 0 unspecified atom stereocenters. The molecule has 0 aliphatic heterocycles. The van der Waals surface area contributed by atoms with E-state index in [9.17, 15) is 0 Å². The van der Waals surface area contributed by atoms with E-state index in [1.807, 2.05) is 19.3 Å². The van der Waals surface area contributed by atoms with Gasteiger partial charge in [0.1, 0.15) is 5.65 Å². The number of hydrogen-bond acceptors (Lipinski definition) is 3. The number of hydrogen-bond donors (Lipinski definition) is 2. The Bertz CT molecular complexity index is 697. The second-order valence-corrected chi connectivity index (χ2v) is 4.27. The summed E-state index contributed by atoms with van der Waals surface area (Å²) in [6.07, 6.45) is 5.24. The number of rotatable bonds is 1. The van der Waals surface area contributed by atoms with Gasteiger partial charge in [-0.05, 0) is 6.07 Å². The minimum Gasteiger partial charge on any atom is -0.397 e. The average Bonchev–Trinajstić information content (AvgIpc) is 2.90. The molecule has 0 atom stereocenters. The second-order valence-electron chi connectivity index (χ2n) is 3.87. The van der Waals surface area contributed by atoms with Crippen LogP contribution in [0.1, 0.15) is 0 Å². The van der Waals surface area contributed by atoms with Gasteiger partial charge in [-0.2, -0.15) is 5.10 Å². The van der Waals surface area contributed by atoms with Gasteiger partial charge in [-0.15, -0.1) is 0 Å². The number of aryl methyl sites for hydroxylation is 1. The van der Waals surface area contributed by atoms with E-state index in [-0.39, 0.29) is 0 Å². The highest BCUT2D eigenvalue weighted by molar-refractivity contribution is 6.34. The molecule has 5 nitrogen and oxygen atoms in total. The van der Waals surface area contributed by atoms with Crippen LogP contribution in [0.5, 0.6) is 0 Å². The molecule has 0 saturated carbocycles. The molecule has 17 heavy (non-hydrogen) atoms. The summed E-state index contributed by atoms with van der Waals surface area (Å²) >= 11 is 5.93. The first-order valence-corrected chi connectivity index (χ1v) is 5.44. The second kappa shape index (κ2) is 3.49. The number of nitrogens with two attached hydrogens (primary N) is 1. The van der Waals surface area contributed by atoms with E-state index in [1.54, 1.807) is 17.1 Å². The molecule has 0 bridgehead atoms. The summed E-state index contributed by atoms with van der Waals surface area (Å²) in [6, 6.07) is 1.93. The Hall–Kier alpha value is -2.01. The third-order valence-corrected chi connectivity index (χ3v) is 2.97. The molecular formula is C11H10ClN5. The predicted octanol–water partition coefficient (Wildman–Crippen LogP) is 2.20. The molecule has 3 aromatic heterocycles. The summed E-state index contributed by atoms with van der Waals surface area (Å²) in [5.41, 5.74) is 9.09. The molecule has 3 rings (SSSR count). The van der Waals surface area contributed by atoms with Crippen LogP contribution in [-0.2, 0) is 7.05 Å². The number of anilines is 1. The van der Waals surface area contributed by atoms with Crippen LogP contribution in [0.15, 0.2) is 24.7 Å². The molecule has 6 heteroatoms. The SMILES string of the molecule is Cn1cc(-c2cc3c(N)c(Cl)cnc3[nH]2)cn1. The topological polar surface area (TPSA) is 72.5 Å². The summed E-state index contributed by atoms with van der Waals surface area (Å²) in [4.78, 5) is 7.39. The molecule has 0 aliphatic rings. The molecule has 0 radical (unpaired) electrons. The van der Waals surface area contributed by atoms with Crippen LogP contribution in [0.2, 0.25) is 5.02 Å². The van der Waals surface area contributed by atoms with Crippen LogP contribution in [-0.4, -0.2) is 19.7 Å². The lowest BCUT2D eigenvalue weighted by Gasteiger charge is -1.96. The van der Waals surface area contributed by atoms with Gasteiger partial charge in [-0.3, -0.25) is 4.68 Å². The van der Waals surface area contributed by atoms with Gasteiger partial charge in [-0.1, -0.05) is 11.6 Å². The lowest BCUT2D eigenvalue weighted by atomic mass is 10.2. The van der Waals surface area contributed by atoms with Gasteiger partial charge in [0, 0.05) is 24.2 Å². The third kappa shape index (κ3) is 1.55.